The first kappa shape index (κ1) is 16.3. The van der Waals surface area contributed by atoms with E-state index < -0.39 is 0 Å². The standard InChI is InChI=1S/C17H19BrClNO/c1-3-20-16(14-6-4-5-7-15(14)19)11-12-10-13(18)8-9-17(12)21-2/h4-10,16,20H,3,11H2,1-2H3. The van der Waals surface area contributed by atoms with Crippen LogP contribution in [0.4, 0.5) is 0 Å². The van der Waals surface area contributed by atoms with Crippen molar-refractivity contribution in [2.45, 2.75) is 19.4 Å². The zero-order valence-corrected chi connectivity index (χ0v) is 14.5. The summed E-state index contributed by atoms with van der Waals surface area (Å²) in [6, 6.07) is 14.2. The van der Waals surface area contributed by atoms with Crippen LogP contribution in [-0.4, -0.2) is 13.7 Å². The van der Waals surface area contributed by atoms with Crippen molar-refractivity contribution in [3.63, 3.8) is 0 Å². The van der Waals surface area contributed by atoms with Gasteiger partial charge in [0.1, 0.15) is 5.75 Å². The predicted molar refractivity (Wildman–Crippen MR) is 92.3 cm³/mol. The molecule has 112 valence electrons. The number of halogens is 2. The molecule has 2 aromatic rings. The van der Waals surface area contributed by atoms with Gasteiger partial charge in [0.2, 0.25) is 0 Å². The van der Waals surface area contributed by atoms with Gasteiger partial charge in [-0.3, -0.25) is 0 Å². The summed E-state index contributed by atoms with van der Waals surface area (Å²) in [4.78, 5) is 0. The monoisotopic (exact) mass is 367 g/mol. The molecule has 2 rings (SSSR count). The molecule has 0 radical (unpaired) electrons. The average Bonchev–Trinajstić information content (AvgIpc) is 2.48. The maximum atomic E-state index is 6.35. The van der Waals surface area contributed by atoms with Gasteiger partial charge in [0.05, 0.1) is 7.11 Å². The summed E-state index contributed by atoms with van der Waals surface area (Å²) in [5.41, 5.74) is 2.26. The molecule has 0 aromatic heterocycles. The van der Waals surface area contributed by atoms with Gasteiger partial charge in [-0.1, -0.05) is 52.7 Å². The minimum absolute atomic E-state index is 0.159. The highest BCUT2D eigenvalue weighted by atomic mass is 79.9. The van der Waals surface area contributed by atoms with Gasteiger partial charge in [-0.05, 0) is 48.4 Å². The van der Waals surface area contributed by atoms with Crippen LogP contribution in [0.3, 0.4) is 0 Å². The van der Waals surface area contributed by atoms with E-state index in [0.29, 0.717) is 0 Å². The van der Waals surface area contributed by atoms with Crippen LogP contribution in [0, 0.1) is 0 Å². The van der Waals surface area contributed by atoms with Crippen LogP contribution in [0.2, 0.25) is 5.02 Å². The summed E-state index contributed by atoms with van der Waals surface area (Å²) in [6.45, 7) is 2.98. The Morgan fingerprint density at radius 3 is 2.67 bits per heavy atom. The summed E-state index contributed by atoms with van der Waals surface area (Å²) in [7, 11) is 1.70. The molecule has 0 bridgehead atoms. The molecule has 2 nitrogen and oxygen atoms in total. The molecule has 0 aliphatic rings. The Bertz CT molecular complexity index is 603. The van der Waals surface area contributed by atoms with E-state index in [9.17, 15) is 0 Å². The molecule has 0 amide bonds. The first-order valence-electron chi connectivity index (χ1n) is 6.96. The Hall–Kier alpha value is -1.03. The highest BCUT2D eigenvalue weighted by Gasteiger charge is 2.16. The largest absolute Gasteiger partial charge is 0.496 e. The summed E-state index contributed by atoms with van der Waals surface area (Å²) < 4.78 is 6.51. The Morgan fingerprint density at radius 2 is 2.00 bits per heavy atom. The van der Waals surface area contributed by atoms with Gasteiger partial charge < -0.3 is 10.1 Å². The Morgan fingerprint density at radius 1 is 1.24 bits per heavy atom. The van der Waals surface area contributed by atoms with E-state index in [1.54, 1.807) is 7.11 Å². The number of likely N-dealkylation sites (N-methyl/N-ethyl adjacent to an activating group) is 1. The van der Waals surface area contributed by atoms with Gasteiger partial charge in [-0.15, -0.1) is 0 Å². The third kappa shape index (κ3) is 4.22. The number of hydrogen-bond donors (Lipinski definition) is 1. The van der Waals surface area contributed by atoms with Crippen molar-refractivity contribution in [3.05, 3.63) is 63.1 Å². The maximum absolute atomic E-state index is 6.35. The van der Waals surface area contributed by atoms with E-state index in [2.05, 4.69) is 40.3 Å². The van der Waals surface area contributed by atoms with Gasteiger partial charge in [-0.2, -0.15) is 0 Å². The summed E-state index contributed by atoms with van der Waals surface area (Å²) in [5.74, 6) is 0.896. The fraction of sp³-hybridized carbons (Fsp3) is 0.294. The van der Waals surface area contributed by atoms with E-state index in [4.69, 9.17) is 16.3 Å². The SMILES string of the molecule is CCNC(Cc1cc(Br)ccc1OC)c1ccccc1Cl. The lowest BCUT2D eigenvalue weighted by atomic mass is 9.98. The fourth-order valence-electron chi connectivity index (χ4n) is 2.42. The van der Waals surface area contributed by atoms with Crippen molar-refractivity contribution in [1.82, 2.24) is 5.32 Å². The van der Waals surface area contributed by atoms with Gasteiger partial charge in [0, 0.05) is 15.5 Å². The quantitative estimate of drug-likeness (QED) is 0.774. The van der Waals surface area contributed by atoms with Crippen molar-refractivity contribution >= 4 is 27.5 Å². The van der Waals surface area contributed by atoms with Crippen molar-refractivity contribution < 1.29 is 4.74 Å². The van der Waals surface area contributed by atoms with Crippen LogP contribution in [0.15, 0.2) is 46.9 Å². The Kier molecular flexibility index (Phi) is 6.09. The third-order valence-electron chi connectivity index (χ3n) is 3.40. The molecule has 1 atom stereocenters. The molecule has 1 unspecified atom stereocenters. The Balaban J connectivity index is 2.33. The number of ether oxygens (including phenoxy) is 1. The minimum atomic E-state index is 0.159. The predicted octanol–water partition coefficient (Wildman–Crippen LogP) is 5.00. The molecule has 0 saturated heterocycles. The van der Waals surface area contributed by atoms with Crippen LogP contribution < -0.4 is 10.1 Å². The number of benzene rings is 2. The highest BCUT2D eigenvalue weighted by Crippen LogP contribution is 2.30. The molecule has 1 N–H and O–H groups in total. The van der Waals surface area contributed by atoms with Gasteiger partial charge >= 0.3 is 0 Å². The van der Waals surface area contributed by atoms with Crippen molar-refractivity contribution in [2.75, 3.05) is 13.7 Å². The zero-order chi connectivity index (χ0) is 15.2. The van der Waals surface area contributed by atoms with E-state index in [-0.39, 0.29) is 6.04 Å². The van der Waals surface area contributed by atoms with E-state index in [0.717, 1.165) is 39.3 Å². The highest BCUT2D eigenvalue weighted by molar-refractivity contribution is 9.10. The van der Waals surface area contributed by atoms with Crippen LogP contribution in [0.25, 0.3) is 0 Å². The maximum Gasteiger partial charge on any atom is 0.122 e. The zero-order valence-electron chi connectivity index (χ0n) is 12.2. The molecule has 0 aliphatic heterocycles. The molecule has 0 fully saturated rings. The fourth-order valence-corrected chi connectivity index (χ4v) is 3.10. The lowest BCUT2D eigenvalue weighted by molar-refractivity contribution is 0.405. The number of hydrogen-bond acceptors (Lipinski definition) is 2. The second-order valence-corrected chi connectivity index (χ2v) is 6.11. The number of methoxy groups -OCH3 is 1. The lowest BCUT2D eigenvalue weighted by Gasteiger charge is -2.21. The van der Waals surface area contributed by atoms with E-state index in [1.807, 2.05) is 30.3 Å². The third-order valence-corrected chi connectivity index (χ3v) is 4.24. The summed E-state index contributed by atoms with van der Waals surface area (Å²) in [5, 5.41) is 4.29. The smallest absolute Gasteiger partial charge is 0.122 e. The lowest BCUT2D eigenvalue weighted by Crippen LogP contribution is -2.23. The minimum Gasteiger partial charge on any atom is -0.496 e. The summed E-state index contributed by atoms with van der Waals surface area (Å²) in [6.07, 6.45) is 0.820. The normalized spacial score (nSPS) is 12.2. The van der Waals surface area contributed by atoms with Gasteiger partial charge in [-0.25, -0.2) is 0 Å². The molecule has 2 aromatic carbocycles. The second kappa shape index (κ2) is 7.83. The van der Waals surface area contributed by atoms with Gasteiger partial charge in [0.15, 0.2) is 0 Å². The van der Waals surface area contributed by atoms with Crippen LogP contribution in [0.5, 0.6) is 5.75 Å². The first-order chi connectivity index (χ1) is 10.2. The molecule has 0 spiro atoms. The molecule has 21 heavy (non-hydrogen) atoms. The van der Waals surface area contributed by atoms with Crippen LogP contribution >= 0.6 is 27.5 Å². The second-order valence-electron chi connectivity index (χ2n) is 4.79. The molecule has 0 heterocycles. The van der Waals surface area contributed by atoms with Crippen LogP contribution in [-0.2, 0) is 6.42 Å². The topological polar surface area (TPSA) is 21.3 Å². The number of nitrogens with one attached hydrogen (secondary N) is 1. The van der Waals surface area contributed by atoms with E-state index in [1.165, 1.54) is 0 Å². The van der Waals surface area contributed by atoms with E-state index >= 15 is 0 Å². The molecule has 0 aliphatic carbocycles. The molecular formula is C17H19BrClNO. The number of rotatable bonds is 6. The average molecular weight is 369 g/mol. The summed E-state index contributed by atoms with van der Waals surface area (Å²) >= 11 is 9.87. The molecule has 4 heteroatoms. The van der Waals surface area contributed by atoms with Crippen molar-refractivity contribution in [1.29, 1.82) is 0 Å². The first-order valence-corrected chi connectivity index (χ1v) is 8.13. The molecule has 0 saturated carbocycles. The molecular weight excluding hydrogens is 350 g/mol. The van der Waals surface area contributed by atoms with Crippen molar-refractivity contribution in [3.8, 4) is 5.75 Å². The van der Waals surface area contributed by atoms with Crippen molar-refractivity contribution in [2.24, 2.45) is 0 Å². The van der Waals surface area contributed by atoms with Crippen LogP contribution in [0.1, 0.15) is 24.1 Å². The Labute approximate surface area is 139 Å². The van der Waals surface area contributed by atoms with Gasteiger partial charge in [0.25, 0.3) is 0 Å².